The van der Waals surface area contributed by atoms with Crippen LogP contribution in [0.2, 0.25) is 0 Å². The van der Waals surface area contributed by atoms with Gasteiger partial charge in [0, 0.05) is 22.9 Å². The van der Waals surface area contributed by atoms with Crippen molar-refractivity contribution in [2.45, 2.75) is 39.2 Å². The summed E-state index contributed by atoms with van der Waals surface area (Å²) in [5.41, 5.74) is 6.18. The fraction of sp³-hybridized carbons (Fsp3) is 0.286. The number of alkyl halides is 3. The molecule has 0 aliphatic rings. The fourth-order valence-corrected chi connectivity index (χ4v) is 3.65. The number of thiophene rings is 1. The molecule has 1 aromatic carbocycles. The molecule has 170 valence electrons. The normalized spacial score (nSPS) is 12.4. The number of amides is 2. The van der Waals surface area contributed by atoms with E-state index in [0.717, 1.165) is 21.9 Å². The minimum atomic E-state index is -4.71. The van der Waals surface area contributed by atoms with Crippen molar-refractivity contribution in [2.24, 2.45) is 5.73 Å². The van der Waals surface area contributed by atoms with Gasteiger partial charge in [-0.3, -0.25) is 9.59 Å². The molecule has 0 radical (unpaired) electrons. The lowest BCUT2D eigenvalue weighted by Crippen LogP contribution is -2.37. The van der Waals surface area contributed by atoms with Crippen molar-refractivity contribution in [1.82, 2.24) is 20.4 Å². The number of aromatic nitrogens is 2. The van der Waals surface area contributed by atoms with E-state index >= 15 is 0 Å². The van der Waals surface area contributed by atoms with Gasteiger partial charge in [0.25, 0.3) is 5.91 Å². The van der Waals surface area contributed by atoms with Gasteiger partial charge in [-0.2, -0.15) is 18.3 Å². The molecule has 7 nitrogen and oxygen atoms in total. The standard InChI is InChI=1S/C21H22F3N5O2S/c1-12-5-3-4-6-14(12)9-26-20(31)17-8-18(21(22,23)24)28-29(17)15-7-16(32-11-15)10-27-19(30)13(2)25/h3-8,11,13H,9-10,25H2,1-2H3,(H,26,31)(H,27,30)/t13-/m0/s1. The number of benzene rings is 1. The molecule has 4 N–H and O–H groups in total. The highest BCUT2D eigenvalue weighted by molar-refractivity contribution is 7.10. The third-order valence-corrected chi connectivity index (χ3v) is 5.59. The Kier molecular flexibility index (Phi) is 6.99. The van der Waals surface area contributed by atoms with Crippen LogP contribution in [0.25, 0.3) is 5.69 Å². The van der Waals surface area contributed by atoms with E-state index in [9.17, 15) is 22.8 Å². The molecule has 3 rings (SSSR count). The molecule has 2 amide bonds. The minimum Gasteiger partial charge on any atom is -0.350 e. The van der Waals surface area contributed by atoms with Gasteiger partial charge in [0.2, 0.25) is 5.91 Å². The zero-order chi connectivity index (χ0) is 23.5. The van der Waals surface area contributed by atoms with E-state index in [-0.39, 0.29) is 30.4 Å². The monoisotopic (exact) mass is 465 g/mol. The summed E-state index contributed by atoms with van der Waals surface area (Å²) in [4.78, 5) is 25.1. The molecule has 0 saturated carbocycles. The van der Waals surface area contributed by atoms with Crippen LogP contribution in [0.5, 0.6) is 0 Å². The predicted octanol–water partition coefficient (Wildman–Crippen LogP) is 3.15. The Balaban J connectivity index is 1.84. The first-order valence-corrected chi connectivity index (χ1v) is 10.5. The Morgan fingerprint density at radius 3 is 2.56 bits per heavy atom. The molecule has 0 fully saturated rings. The summed E-state index contributed by atoms with van der Waals surface area (Å²) in [5.74, 6) is -1.04. The molecule has 0 aliphatic heterocycles. The van der Waals surface area contributed by atoms with Crippen molar-refractivity contribution in [3.05, 3.63) is 69.2 Å². The van der Waals surface area contributed by atoms with Crippen LogP contribution in [0.1, 0.15) is 39.1 Å². The van der Waals surface area contributed by atoms with Gasteiger partial charge < -0.3 is 16.4 Å². The van der Waals surface area contributed by atoms with Gasteiger partial charge in [-0.05, 0) is 31.0 Å². The van der Waals surface area contributed by atoms with Crippen molar-refractivity contribution >= 4 is 23.2 Å². The third-order valence-electron chi connectivity index (χ3n) is 4.67. The molecule has 32 heavy (non-hydrogen) atoms. The lowest BCUT2D eigenvalue weighted by Gasteiger charge is -2.09. The summed E-state index contributed by atoms with van der Waals surface area (Å²) in [5, 5.41) is 10.5. The Morgan fingerprint density at radius 2 is 1.91 bits per heavy atom. The first-order chi connectivity index (χ1) is 15.1. The van der Waals surface area contributed by atoms with E-state index in [0.29, 0.717) is 4.88 Å². The molecular weight excluding hydrogens is 443 g/mol. The van der Waals surface area contributed by atoms with Crippen molar-refractivity contribution in [3.8, 4) is 5.69 Å². The lowest BCUT2D eigenvalue weighted by molar-refractivity contribution is -0.141. The number of nitrogens with one attached hydrogen (secondary N) is 2. The van der Waals surface area contributed by atoms with Gasteiger partial charge in [0.05, 0.1) is 18.3 Å². The Morgan fingerprint density at radius 1 is 1.19 bits per heavy atom. The molecule has 0 spiro atoms. The molecule has 0 unspecified atom stereocenters. The number of carbonyl (C=O) groups is 2. The van der Waals surface area contributed by atoms with Crippen LogP contribution in [0, 0.1) is 6.92 Å². The van der Waals surface area contributed by atoms with Crippen LogP contribution in [0.3, 0.4) is 0 Å². The Hall–Kier alpha value is -3.18. The largest absolute Gasteiger partial charge is 0.435 e. The van der Waals surface area contributed by atoms with Gasteiger partial charge in [0.1, 0.15) is 5.69 Å². The predicted molar refractivity (Wildman–Crippen MR) is 114 cm³/mol. The van der Waals surface area contributed by atoms with Gasteiger partial charge in [0.15, 0.2) is 5.69 Å². The highest BCUT2D eigenvalue weighted by Gasteiger charge is 2.36. The molecule has 11 heteroatoms. The number of aryl methyl sites for hydroxylation is 1. The van der Waals surface area contributed by atoms with Crippen LogP contribution in [-0.4, -0.2) is 27.6 Å². The second-order valence-corrected chi connectivity index (χ2v) is 8.21. The van der Waals surface area contributed by atoms with E-state index in [1.165, 1.54) is 11.3 Å². The summed E-state index contributed by atoms with van der Waals surface area (Å²) in [7, 11) is 0. The van der Waals surface area contributed by atoms with Crippen molar-refractivity contribution in [2.75, 3.05) is 0 Å². The minimum absolute atomic E-state index is 0.160. The summed E-state index contributed by atoms with van der Waals surface area (Å²) < 4.78 is 40.8. The van der Waals surface area contributed by atoms with Gasteiger partial charge in [-0.15, -0.1) is 11.3 Å². The molecule has 0 aliphatic carbocycles. The third kappa shape index (κ3) is 5.54. The van der Waals surface area contributed by atoms with E-state index in [1.54, 1.807) is 18.4 Å². The number of nitrogens with two attached hydrogens (primary N) is 1. The molecule has 1 atom stereocenters. The van der Waals surface area contributed by atoms with Gasteiger partial charge in [-0.1, -0.05) is 24.3 Å². The second kappa shape index (κ2) is 9.53. The van der Waals surface area contributed by atoms with Gasteiger partial charge >= 0.3 is 6.18 Å². The molecular formula is C21H22F3N5O2S. The maximum atomic E-state index is 13.3. The highest BCUT2D eigenvalue weighted by atomic mass is 32.1. The lowest BCUT2D eigenvalue weighted by atomic mass is 10.1. The highest BCUT2D eigenvalue weighted by Crippen LogP contribution is 2.30. The summed E-state index contributed by atoms with van der Waals surface area (Å²) in [6.07, 6.45) is -4.71. The van der Waals surface area contributed by atoms with Gasteiger partial charge in [-0.25, -0.2) is 4.68 Å². The van der Waals surface area contributed by atoms with Crippen LogP contribution in [-0.2, 0) is 24.1 Å². The Bertz CT molecular complexity index is 1120. The van der Waals surface area contributed by atoms with E-state index in [4.69, 9.17) is 5.73 Å². The maximum absolute atomic E-state index is 13.3. The SMILES string of the molecule is Cc1ccccc1CNC(=O)c1cc(C(F)(F)F)nn1-c1csc(CNC(=O)[C@H](C)N)c1. The molecule has 2 heterocycles. The molecule has 3 aromatic rings. The summed E-state index contributed by atoms with van der Waals surface area (Å²) >= 11 is 1.22. The van der Waals surface area contributed by atoms with Crippen molar-refractivity contribution in [3.63, 3.8) is 0 Å². The smallest absolute Gasteiger partial charge is 0.350 e. The van der Waals surface area contributed by atoms with Crippen LogP contribution in [0.15, 0.2) is 41.8 Å². The second-order valence-electron chi connectivity index (χ2n) is 7.21. The average molecular weight is 466 g/mol. The number of hydrogen-bond acceptors (Lipinski definition) is 5. The topological polar surface area (TPSA) is 102 Å². The zero-order valence-electron chi connectivity index (χ0n) is 17.4. The molecule has 0 saturated heterocycles. The fourth-order valence-electron chi connectivity index (χ4n) is 2.86. The van der Waals surface area contributed by atoms with Crippen molar-refractivity contribution < 1.29 is 22.8 Å². The zero-order valence-corrected chi connectivity index (χ0v) is 18.2. The van der Waals surface area contributed by atoms with Crippen LogP contribution >= 0.6 is 11.3 Å². The first-order valence-electron chi connectivity index (χ1n) is 9.67. The number of halogens is 3. The Labute approximate surface area is 186 Å². The van der Waals surface area contributed by atoms with Crippen LogP contribution in [0.4, 0.5) is 13.2 Å². The number of nitrogens with zero attached hydrogens (tertiary/aromatic N) is 2. The quantitative estimate of drug-likeness (QED) is 0.499. The van der Waals surface area contributed by atoms with Crippen molar-refractivity contribution in [1.29, 1.82) is 0 Å². The van der Waals surface area contributed by atoms with Crippen LogP contribution < -0.4 is 16.4 Å². The number of rotatable bonds is 7. The number of carbonyl (C=O) groups excluding carboxylic acids is 2. The molecule has 0 bridgehead atoms. The summed E-state index contributed by atoms with van der Waals surface area (Å²) in [6, 6.07) is 8.99. The van der Waals surface area contributed by atoms with E-state index < -0.39 is 23.8 Å². The van der Waals surface area contributed by atoms with E-state index in [1.807, 2.05) is 31.2 Å². The van der Waals surface area contributed by atoms with E-state index in [2.05, 4.69) is 15.7 Å². The maximum Gasteiger partial charge on any atom is 0.435 e. The average Bonchev–Trinajstić information content (AvgIpc) is 3.38. The summed E-state index contributed by atoms with van der Waals surface area (Å²) in [6.45, 7) is 3.74. The first kappa shape index (κ1) is 23.5. The molecule has 2 aromatic heterocycles. The number of hydrogen-bond donors (Lipinski definition) is 3.